The predicted molar refractivity (Wildman–Crippen MR) is 107 cm³/mol. The predicted octanol–water partition coefficient (Wildman–Crippen LogP) is 6.63. The summed E-state index contributed by atoms with van der Waals surface area (Å²) in [6, 6.07) is 8.49. The maximum Gasteiger partial charge on any atom is 0.416 e. The zero-order valence-electron chi connectivity index (χ0n) is 16.4. The highest BCUT2D eigenvalue weighted by Crippen LogP contribution is 2.38. The molecule has 0 unspecified atom stereocenters. The molecule has 9 heteroatoms. The topological polar surface area (TPSA) is 26.5 Å². The fourth-order valence-corrected chi connectivity index (χ4v) is 3.16. The number of alkyl halides is 6. The van der Waals surface area contributed by atoms with E-state index in [1.807, 2.05) is 16.7 Å². The van der Waals surface area contributed by atoms with Crippen LogP contribution in [0, 0.1) is 0 Å². The maximum absolute atomic E-state index is 13.1. The zero-order valence-corrected chi connectivity index (χ0v) is 16.4. The molecule has 1 heterocycles. The molecule has 1 aromatic heterocycles. The van der Waals surface area contributed by atoms with Crippen LogP contribution in [0.1, 0.15) is 16.7 Å². The summed E-state index contributed by atoms with van der Waals surface area (Å²) in [5.74, 6) is 0. The van der Waals surface area contributed by atoms with Gasteiger partial charge in [0, 0.05) is 42.5 Å². The number of methoxy groups -OCH3 is 1. The van der Waals surface area contributed by atoms with Crippen LogP contribution in [0.2, 0.25) is 0 Å². The number of aliphatic imine (C=N–C) groups is 1. The minimum Gasteiger partial charge on any atom is -0.380 e. The Morgan fingerprint density at radius 1 is 1.03 bits per heavy atom. The third kappa shape index (κ3) is 5.35. The van der Waals surface area contributed by atoms with Gasteiger partial charge in [-0.15, -0.1) is 0 Å². The van der Waals surface area contributed by atoms with E-state index in [0.29, 0.717) is 30.8 Å². The number of benzene rings is 2. The maximum atomic E-state index is 13.1. The molecule has 0 aliphatic heterocycles. The molecule has 31 heavy (non-hydrogen) atoms. The Bertz CT molecular complexity index is 1090. The molecule has 3 aromatic rings. The van der Waals surface area contributed by atoms with Gasteiger partial charge in [-0.3, -0.25) is 4.99 Å². The van der Waals surface area contributed by atoms with Gasteiger partial charge >= 0.3 is 12.4 Å². The SMILES string of the molecule is C=C(COC)Cn1cc(C=Nc2cc(C(F)(F)F)cc(C(F)(F)F)c2)c2ccccc21. The van der Waals surface area contributed by atoms with Crippen LogP contribution in [0.5, 0.6) is 0 Å². The molecule has 0 bridgehead atoms. The molecule has 0 amide bonds. The highest BCUT2D eigenvalue weighted by molar-refractivity contribution is 6.00. The largest absolute Gasteiger partial charge is 0.416 e. The van der Waals surface area contributed by atoms with Gasteiger partial charge in [0.25, 0.3) is 0 Å². The number of halogens is 6. The van der Waals surface area contributed by atoms with Gasteiger partial charge in [0.15, 0.2) is 0 Å². The number of nitrogens with zero attached hydrogens (tertiary/aromatic N) is 2. The van der Waals surface area contributed by atoms with Gasteiger partial charge in [-0.25, -0.2) is 0 Å². The van der Waals surface area contributed by atoms with Crippen molar-refractivity contribution in [3.63, 3.8) is 0 Å². The summed E-state index contributed by atoms with van der Waals surface area (Å²) in [4.78, 5) is 3.92. The minimum absolute atomic E-state index is 0.0757. The van der Waals surface area contributed by atoms with Crippen molar-refractivity contribution in [1.29, 1.82) is 0 Å². The molecule has 164 valence electrons. The molecule has 0 N–H and O–H groups in total. The Hall–Kier alpha value is -3.07. The Labute approximate surface area is 174 Å². The summed E-state index contributed by atoms with van der Waals surface area (Å²) < 4.78 is 85.2. The minimum atomic E-state index is -4.93. The highest BCUT2D eigenvalue weighted by atomic mass is 19.4. The van der Waals surface area contributed by atoms with Crippen molar-refractivity contribution < 1.29 is 31.1 Å². The number of fused-ring (bicyclic) bond motifs is 1. The number of para-hydroxylation sites is 1. The number of hydrogen-bond donors (Lipinski definition) is 0. The van der Waals surface area contributed by atoms with E-state index in [4.69, 9.17) is 4.74 Å². The van der Waals surface area contributed by atoms with E-state index in [-0.39, 0.29) is 6.07 Å². The van der Waals surface area contributed by atoms with Gasteiger partial charge in [-0.1, -0.05) is 24.8 Å². The van der Waals surface area contributed by atoms with E-state index in [1.165, 1.54) is 6.21 Å². The summed E-state index contributed by atoms with van der Waals surface area (Å²) in [6.45, 7) is 4.70. The smallest absolute Gasteiger partial charge is 0.380 e. The molecule has 0 saturated carbocycles. The Morgan fingerprint density at radius 3 is 2.23 bits per heavy atom. The van der Waals surface area contributed by atoms with E-state index in [9.17, 15) is 26.3 Å². The molecule has 0 atom stereocenters. The molecular formula is C22H18F6N2O. The van der Waals surface area contributed by atoms with Gasteiger partial charge in [0.1, 0.15) is 0 Å². The lowest BCUT2D eigenvalue weighted by Gasteiger charge is -2.12. The van der Waals surface area contributed by atoms with Gasteiger partial charge in [0.05, 0.1) is 23.4 Å². The molecule has 0 aliphatic rings. The summed E-state index contributed by atoms with van der Waals surface area (Å²) >= 11 is 0. The second-order valence-electron chi connectivity index (χ2n) is 6.93. The first-order valence-electron chi connectivity index (χ1n) is 9.06. The molecule has 2 aromatic carbocycles. The monoisotopic (exact) mass is 440 g/mol. The molecule has 3 rings (SSSR count). The normalized spacial score (nSPS) is 12.7. The van der Waals surface area contributed by atoms with Crippen LogP contribution in [-0.4, -0.2) is 24.5 Å². The van der Waals surface area contributed by atoms with E-state index >= 15 is 0 Å². The molecule has 3 nitrogen and oxygen atoms in total. The third-order valence-electron chi connectivity index (χ3n) is 4.49. The zero-order chi connectivity index (χ0) is 22.8. The van der Waals surface area contributed by atoms with Crippen molar-refractivity contribution in [2.24, 2.45) is 4.99 Å². The van der Waals surface area contributed by atoms with E-state index in [0.717, 1.165) is 16.5 Å². The fraction of sp³-hybridized carbons (Fsp3) is 0.227. The van der Waals surface area contributed by atoms with Crippen molar-refractivity contribution in [1.82, 2.24) is 4.57 Å². The summed E-state index contributed by atoms with van der Waals surface area (Å²) in [5, 5.41) is 0.750. The average Bonchev–Trinajstić information content (AvgIpc) is 3.02. The van der Waals surface area contributed by atoms with Crippen LogP contribution >= 0.6 is 0 Å². The van der Waals surface area contributed by atoms with Gasteiger partial charge < -0.3 is 9.30 Å². The van der Waals surface area contributed by atoms with Crippen LogP contribution in [-0.2, 0) is 23.6 Å². The van der Waals surface area contributed by atoms with Crippen molar-refractivity contribution in [3.8, 4) is 0 Å². The average molecular weight is 440 g/mol. The van der Waals surface area contributed by atoms with E-state index in [2.05, 4.69) is 11.6 Å². The van der Waals surface area contributed by atoms with E-state index < -0.39 is 29.2 Å². The van der Waals surface area contributed by atoms with Gasteiger partial charge in [-0.05, 0) is 29.8 Å². The van der Waals surface area contributed by atoms with Crippen LogP contribution < -0.4 is 0 Å². The van der Waals surface area contributed by atoms with Crippen LogP contribution in [0.15, 0.2) is 65.8 Å². The Kier molecular flexibility index (Phi) is 6.26. The molecule has 0 radical (unpaired) electrons. The summed E-state index contributed by atoms with van der Waals surface area (Å²) in [6.07, 6.45) is -6.88. The molecule has 0 saturated heterocycles. The number of aromatic nitrogens is 1. The Morgan fingerprint density at radius 2 is 1.65 bits per heavy atom. The van der Waals surface area contributed by atoms with Crippen molar-refractivity contribution in [3.05, 3.63) is 77.5 Å². The van der Waals surface area contributed by atoms with Crippen molar-refractivity contribution in [2.45, 2.75) is 18.9 Å². The van der Waals surface area contributed by atoms with Crippen LogP contribution in [0.25, 0.3) is 10.9 Å². The third-order valence-corrected chi connectivity index (χ3v) is 4.49. The first-order chi connectivity index (χ1) is 14.5. The summed E-state index contributed by atoms with van der Waals surface area (Å²) in [7, 11) is 1.54. The lowest BCUT2D eigenvalue weighted by molar-refractivity contribution is -0.143. The second-order valence-corrected chi connectivity index (χ2v) is 6.93. The van der Waals surface area contributed by atoms with Crippen LogP contribution in [0.3, 0.4) is 0 Å². The molecule has 0 spiro atoms. The Balaban J connectivity index is 2.03. The second kappa shape index (κ2) is 8.58. The number of rotatable bonds is 6. The summed E-state index contributed by atoms with van der Waals surface area (Å²) in [5.41, 5.74) is -1.10. The lowest BCUT2D eigenvalue weighted by atomic mass is 10.1. The van der Waals surface area contributed by atoms with Gasteiger partial charge in [0.2, 0.25) is 0 Å². The van der Waals surface area contributed by atoms with Gasteiger partial charge in [-0.2, -0.15) is 26.3 Å². The molecule has 0 fully saturated rings. The molecular weight excluding hydrogens is 422 g/mol. The first kappa shape index (κ1) is 22.6. The lowest BCUT2D eigenvalue weighted by Crippen LogP contribution is -2.10. The van der Waals surface area contributed by atoms with Crippen LogP contribution in [0.4, 0.5) is 32.0 Å². The standard InChI is InChI=1S/C22H18F6N2O/c1-14(13-31-2)11-30-12-15(19-5-3-4-6-20(19)30)10-29-18-8-16(21(23,24)25)7-17(9-18)22(26,27)28/h3-10,12H,1,11,13H2,2H3. The van der Waals surface area contributed by atoms with Crippen molar-refractivity contribution in [2.75, 3.05) is 13.7 Å². The van der Waals surface area contributed by atoms with Crippen molar-refractivity contribution >= 4 is 22.8 Å². The van der Waals surface area contributed by atoms with E-state index in [1.54, 1.807) is 25.4 Å². The fourth-order valence-electron chi connectivity index (χ4n) is 3.16. The highest BCUT2D eigenvalue weighted by Gasteiger charge is 2.36. The number of hydrogen-bond acceptors (Lipinski definition) is 2. The quantitative estimate of drug-likeness (QED) is 0.240. The molecule has 0 aliphatic carbocycles. The number of ether oxygens (including phenoxy) is 1. The first-order valence-corrected chi connectivity index (χ1v) is 9.06.